The van der Waals surface area contributed by atoms with Crippen LogP contribution in [0.25, 0.3) is 10.9 Å². The summed E-state index contributed by atoms with van der Waals surface area (Å²) in [6.07, 6.45) is 1.84. The van der Waals surface area contributed by atoms with Gasteiger partial charge in [-0.15, -0.1) is 0 Å². The van der Waals surface area contributed by atoms with Crippen LogP contribution in [0.1, 0.15) is 11.1 Å². The highest BCUT2D eigenvalue weighted by Gasteiger charge is 2.05. The van der Waals surface area contributed by atoms with Gasteiger partial charge in [-0.3, -0.25) is 4.98 Å². The maximum Gasteiger partial charge on any atom is 0.183 e. The lowest BCUT2D eigenvalue weighted by molar-refractivity contribution is 0.445. The summed E-state index contributed by atoms with van der Waals surface area (Å²) >= 11 is 2.31. The van der Waals surface area contributed by atoms with E-state index in [1.165, 1.54) is 14.7 Å². The third-order valence-electron chi connectivity index (χ3n) is 3.41. The molecule has 0 saturated heterocycles. The zero-order chi connectivity index (χ0) is 14.7. The van der Waals surface area contributed by atoms with Crippen molar-refractivity contribution in [3.8, 4) is 0 Å². The summed E-state index contributed by atoms with van der Waals surface area (Å²) in [6.45, 7) is 1.43. The number of hydrogen-bond acceptors (Lipinski definition) is 2. The Morgan fingerprint density at radius 2 is 1.71 bits per heavy atom. The summed E-state index contributed by atoms with van der Waals surface area (Å²) < 4.78 is 1.24. The SMILES string of the molecule is [B]N(Cc1ccc(I)cc1)Cc1ccnc2ccccc12. The molecular formula is C17H14BIN2. The summed E-state index contributed by atoms with van der Waals surface area (Å²) in [5, 5.41) is 1.16. The van der Waals surface area contributed by atoms with Crippen LogP contribution in [-0.4, -0.2) is 17.8 Å². The number of benzene rings is 2. The van der Waals surface area contributed by atoms with E-state index < -0.39 is 0 Å². The molecule has 0 bridgehead atoms. The van der Waals surface area contributed by atoms with E-state index in [0.717, 1.165) is 17.4 Å². The van der Waals surface area contributed by atoms with Crippen LogP contribution in [0.4, 0.5) is 0 Å². The number of aromatic nitrogens is 1. The van der Waals surface area contributed by atoms with E-state index in [9.17, 15) is 0 Å². The van der Waals surface area contributed by atoms with Crippen LogP contribution >= 0.6 is 22.6 Å². The second-order valence-electron chi connectivity index (χ2n) is 5.02. The van der Waals surface area contributed by atoms with Gasteiger partial charge in [-0.05, 0) is 58.0 Å². The Bertz CT molecular complexity index is 738. The quantitative estimate of drug-likeness (QED) is 0.501. The van der Waals surface area contributed by atoms with Crippen molar-refractivity contribution in [1.29, 1.82) is 0 Å². The van der Waals surface area contributed by atoms with Gasteiger partial charge in [0.1, 0.15) is 0 Å². The molecule has 0 spiro atoms. The van der Waals surface area contributed by atoms with Crippen LogP contribution in [0.5, 0.6) is 0 Å². The summed E-state index contributed by atoms with van der Waals surface area (Å²) in [5.41, 5.74) is 3.43. The first kappa shape index (κ1) is 14.5. The van der Waals surface area contributed by atoms with Gasteiger partial charge < -0.3 is 4.81 Å². The highest BCUT2D eigenvalue weighted by Crippen LogP contribution is 2.18. The molecule has 0 amide bonds. The summed E-state index contributed by atoms with van der Waals surface area (Å²) in [5.74, 6) is 0. The predicted octanol–water partition coefficient (Wildman–Crippen LogP) is 3.93. The standard InChI is InChI=1S/C17H14BIN2/c18-21(11-13-5-7-15(19)8-6-13)12-14-9-10-20-17-4-2-1-3-16(14)17/h1-10H,11-12H2. The fourth-order valence-corrected chi connectivity index (χ4v) is 2.75. The van der Waals surface area contributed by atoms with Gasteiger partial charge in [0, 0.05) is 28.2 Å². The highest BCUT2D eigenvalue weighted by molar-refractivity contribution is 14.1. The van der Waals surface area contributed by atoms with Crippen molar-refractivity contribution in [2.24, 2.45) is 0 Å². The molecule has 0 N–H and O–H groups in total. The van der Waals surface area contributed by atoms with E-state index in [1.807, 2.05) is 35.3 Å². The smallest absolute Gasteiger partial charge is 0.183 e. The van der Waals surface area contributed by atoms with Crippen molar-refractivity contribution >= 4 is 41.5 Å². The van der Waals surface area contributed by atoms with Crippen molar-refractivity contribution in [1.82, 2.24) is 9.79 Å². The third kappa shape index (κ3) is 3.63. The fraction of sp³-hybridized carbons (Fsp3) is 0.118. The molecule has 2 aromatic carbocycles. The number of rotatable bonds is 4. The van der Waals surface area contributed by atoms with Crippen molar-refractivity contribution in [3.63, 3.8) is 0 Å². The zero-order valence-electron chi connectivity index (χ0n) is 11.5. The van der Waals surface area contributed by atoms with E-state index in [1.54, 1.807) is 0 Å². The molecule has 0 aliphatic rings. The van der Waals surface area contributed by atoms with Crippen molar-refractivity contribution in [2.45, 2.75) is 13.1 Å². The van der Waals surface area contributed by atoms with Crippen LogP contribution in [0.2, 0.25) is 0 Å². The molecular weight excluding hydrogens is 370 g/mol. The van der Waals surface area contributed by atoms with Crippen LogP contribution in [-0.2, 0) is 13.1 Å². The maximum absolute atomic E-state index is 6.18. The largest absolute Gasteiger partial charge is 0.346 e. The zero-order valence-corrected chi connectivity index (χ0v) is 13.7. The molecule has 3 aromatic rings. The molecule has 102 valence electrons. The minimum atomic E-state index is 0.703. The Morgan fingerprint density at radius 3 is 2.52 bits per heavy atom. The summed E-state index contributed by atoms with van der Waals surface area (Å²) in [6, 6.07) is 18.6. The topological polar surface area (TPSA) is 16.1 Å². The lowest BCUT2D eigenvalue weighted by Gasteiger charge is -2.18. The van der Waals surface area contributed by atoms with Gasteiger partial charge in [0.15, 0.2) is 7.98 Å². The van der Waals surface area contributed by atoms with Gasteiger partial charge in [0.2, 0.25) is 0 Å². The van der Waals surface area contributed by atoms with Gasteiger partial charge in [0.05, 0.1) is 5.52 Å². The Morgan fingerprint density at radius 1 is 0.952 bits per heavy atom. The second kappa shape index (κ2) is 6.58. The highest BCUT2D eigenvalue weighted by atomic mass is 127. The van der Waals surface area contributed by atoms with Crippen molar-refractivity contribution in [3.05, 3.63) is 75.5 Å². The molecule has 2 nitrogen and oxygen atoms in total. The Kier molecular flexibility index (Phi) is 4.55. The van der Waals surface area contributed by atoms with Crippen molar-refractivity contribution < 1.29 is 0 Å². The molecule has 0 aliphatic carbocycles. The molecule has 1 aromatic heterocycles. The first-order valence-electron chi connectivity index (χ1n) is 6.79. The monoisotopic (exact) mass is 384 g/mol. The minimum Gasteiger partial charge on any atom is -0.346 e. The molecule has 0 atom stereocenters. The third-order valence-corrected chi connectivity index (χ3v) is 4.13. The number of para-hydroxylation sites is 1. The van der Waals surface area contributed by atoms with E-state index >= 15 is 0 Å². The predicted molar refractivity (Wildman–Crippen MR) is 95.9 cm³/mol. The lowest BCUT2D eigenvalue weighted by Crippen LogP contribution is -2.19. The molecule has 1 heterocycles. The first-order chi connectivity index (χ1) is 10.2. The van der Waals surface area contributed by atoms with Gasteiger partial charge in [-0.25, -0.2) is 0 Å². The van der Waals surface area contributed by atoms with Gasteiger partial charge in [-0.1, -0.05) is 30.3 Å². The van der Waals surface area contributed by atoms with Crippen molar-refractivity contribution in [2.75, 3.05) is 0 Å². The minimum absolute atomic E-state index is 0.703. The normalized spacial score (nSPS) is 11.1. The molecule has 0 fully saturated rings. The Hall–Kier alpha value is -1.40. The van der Waals surface area contributed by atoms with E-state index in [-0.39, 0.29) is 0 Å². The second-order valence-corrected chi connectivity index (χ2v) is 6.26. The molecule has 3 rings (SSSR count). The van der Waals surface area contributed by atoms with Crippen LogP contribution in [0.3, 0.4) is 0 Å². The average Bonchev–Trinajstić information content (AvgIpc) is 2.50. The van der Waals surface area contributed by atoms with Gasteiger partial charge in [-0.2, -0.15) is 0 Å². The lowest BCUT2D eigenvalue weighted by atomic mass is 10.1. The van der Waals surface area contributed by atoms with E-state index in [0.29, 0.717) is 6.54 Å². The maximum atomic E-state index is 6.18. The molecule has 4 heteroatoms. The number of pyridine rings is 1. The van der Waals surface area contributed by atoms with Crippen LogP contribution < -0.4 is 0 Å². The molecule has 21 heavy (non-hydrogen) atoms. The Balaban J connectivity index is 1.77. The Labute approximate surface area is 139 Å². The number of nitrogens with zero attached hydrogens (tertiary/aromatic N) is 2. The molecule has 0 aliphatic heterocycles. The number of halogens is 1. The molecule has 0 unspecified atom stereocenters. The number of fused-ring (bicyclic) bond motifs is 1. The fourth-order valence-electron chi connectivity index (χ4n) is 2.39. The number of hydrogen-bond donors (Lipinski definition) is 0. The molecule has 0 saturated carbocycles. The van der Waals surface area contributed by atoms with E-state index in [4.69, 9.17) is 7.98 Å². The first-order valence-corrected chi connectivity index (χ1v) is 7.87. The van der Waals surface area contributed by atoms with Crippen LogP contribution in [0, 0.1) is 3.57 Å². The van der Waals surface area contributed by atoms with E-state index in [2.05, 4.69) is 57.9 Å². The van der Waals surface area contributed by atoms with Gasteiger partial charge in [0.25, 0.3) is 0 Å². The van der Waals surface area contributed by atoms with Crippen LogP contribution in [0.15, 0.2) is 60.8 Å². The summed E-state index contributed by atoms with van der Waals surface area (Å²) in [4.78, 5) is 6.22. The molecule has 2 radical (unpaired) electrons. The van der Waals surface area contributed by atoms with Gasteiger partial charge >= 0.3 is 0 Å². The average molecular weight is 384 g/mol. The summed E-state index contributed by atoms with van der Waals surface area (Å²) in [7, 11) is 6.18.